The number of nitrogens with one attached hydrogen (secondary N) is 1. The summed E-state index contributed by atoms with van der Waals surface area (Å²) in [6, 6.07) is 1.86. The van der Waals surface area contributed by atoms with Gasteiger partial charge < -0.3 is 14.5 Å². The van der Waals surface area contributed by atoms with Gasteiger partial charge in [-0.15, -0.1) is 0 Å². The molecule has 24 heavy (non-hydrogen) atoms. The van der Waals surface area contributed by atoms with Crippen LogP contribution in [0, 0.1) is 5.82 Å². The monoisotopic (exact) mass is 385 g/mol. The summed E-state index contributed by atoms with van der Waals surface area (Å²) in [6.07, 6.45) is -4.03. The minimum atomic E-state index is -4.72. The quantitative estimate of drug-likeness (QED) is 0.822. The summed E-state index contributed by atoms with van der Waals surface area (Å²) in [7, 11) is 1.44. The van der Waals surface area contributed by atoms with Crippen molar-refractivity contribution in [1.82, 2.24) is 9.13 Å². The van der Waals surface area contributed by atoms with Gasteiger partial charge in [0.05, 0.1) is 10.7 Å². The van der Waals surface area contributed by atoms with Crippen LogP contribution < -0.4 is 10.9 Å². The molecule has 0 aliphatic rings. The van der Waals surface area contributed by atoms with E-state index in [-0.39, 0.29) is 26.1 Å². The third kappa shape index (κ3) is 3.90. The molecule has 1 N–H and O–H groups in total. The fourth-order valence-electron chi connectivity index (χ4n) is 1.93. The van der Waals surface area contributed by atoms with E-state index in [1.807, 2.05) is 0 Å². The second-order valence-electron chi connectivity index (χ2n) is 4.81. The van der Waals surface area contributed by atoms with Gasteiger partial charge in [-0.1, -0.05) is 23.2 Å². The van der Waals surface area contributed by atoms with Crippen molar-refractivity contribution in [3.63, 3.8) is 0 Å². The molecule has 2 heterocycles. The van der Waals surface area contributed by atoms with Crippen LogP contribution in [0.25, 0.3) is 0 Å². The summed E-state index contributed by atoms with van der Waals surface area (Å²) < 4.78 is 52.1. The highest BCUT2D eigenvalue weighted by Gasteiger charge is 2.29. The molecule has 0 fully saturated rings. The van der Waals surface area contributed by atoms with Gasteiger partial charge in [-0.2, -0.15) is 13.2 Å². The zero-order valence-corrected chi connectivity index (χ0v) is 13.4. The number of pyridine rings is 1. The van der Waals surface area contributed by atoms with E-state index in [1.54, 1.807) is 0 Å². The zero-order chi connectivity index (χ0) is 18.2. The van der Waals surface area contributed by atoms with E-state index in [0.717, 1.165) is 0 Å². The van der Waals surface area contributed by atoms with Crippen molar-refractivity contribution < 1.29 is 22.4 Å². The van der Waals surface area contributed by atoms with Gasteiger partial charge in [0.1, 0.15) is 17.4 Å². The second kappa shape index (κ2) is 6.48. The Morgan fingerprint density at radius 2 is 1.92 bits per heavy atom. The Hall–Kier alpha value is -2.00. The highest BCUT2D eigenvalue weighted by molar-refractivity contribution is 6.42. The molecule has 0 unspecified atom stereocenters. The highest BCUT2D eigenvalue weighted by Crippen LogP contribution is 2.25. The molecule has 0 aliphatic heterocycles. The number of amides is 1. The summed E-state index contributed by atoms with van der Waals surface area (Å²) >= 11 is 11.6. The Morgan fingerprint density at radius 3 is 2.42 bits per heavy atom. The molecular weight excluding hydrogens is 377 g/mol. The molecule has 0 bridgehead atoms. The van der Waals surface area contributed by atoms with Gasteiger partial charge in [-0.25, -0.2) is 4.39 Å². The van der Waals surface area contributed by atoms with Crippen LogP contribution in [0.5, 0.6) is 0 Å². The first-order chi connectivity index (χ1) is 11.0. The van der Waals surface area contributed by atoms with E-state index in [2.05, 4.69) is 5.32 Å². The Labute approximate surface area is 142 Å². The van der Waals surface area contributed by atoms with Gasteiger partial charge in [-0.05, 0) is 6.07 Å². The lowest BCUT2D eigenvalue weighted by Gasteiger charge is -2.12. The van der Waals surface area contributed by atoms with Gasteiger partial charge in [0, 0.05) is 19.3 Å². The Balaban J connectivity index is 2.34. The van der Waals surface area contributed by atoms with Gasteiger partial charge in [0.15, 0.2) is 5.82 Å². The molecule has 5 nitrogen and oxygen atoms in total. The smallest absolute Gasteiger partial charge is 0.329 e. The number of rotatable bonds is 3. The largest absolute Gasteiger partial charge is 0.406 e. The maximum absolute atomic E-state index is 13.5. The van der Waals surface area contributed by atoms with Crippen LogP contribution in [0.2, 0.25) is 10.2 Å². The van der Waals surface area contributed by atoms with Crippen LogP contribution in [0.15, 0.2) is 23.1 Å². The summed E-state index contributed by atoms with van der Waals surface area (Å²) in [5.41, 5.74) is -1.77. The van der Waals surface area contributed by atoms with Crippen molar-refractivity contribution in [3.05, 3.63) is 50.4 Å². The average Bonchev–Trinajstić information content (AvgIpc) is 2.70. The molecule has 0 aromatic carbocycles. The molecule has 1 amide bonds. The summed E-state index contributed by atoms with van der Waals surface area (Å²) in [6.45, 7) is -1.69. The molecule has 0 saturated carbocycles. The molecule has 2 rings (SSSR count). The summed E-state index contributed by atoms with van der Waals surface area (Å²) in [5.74, 6) is -2.22. The van der Waals surface area contributed by atoms with E-state index in [0.29, 0.717) is 12.3 Å². The van der Waals surface area contributed by atoms with Crippen molar-refractivity contribution in [2.24, 2.45) is 7.05 Å². The molecule has 0 spiro atoms. The van der Waals surface area contributed by atoms with Gasteiger partial charge in [-0.3, -0.25) is 9.59 Å². The van der Waals surface area contributed by atoms with E-state index in [9.17, 15) is 27.2 Å². The van der Waals surface area contributed by atoms with E-state index >= 15 is 0 Å². The predicted molar refractivity (Wildman–Crippen MR) is 80.1 cm³/mol. The minimum absolute atomic E-state index is 0.000945. The zero-order valence-electron chi connectivity index (χ0n) is 11.9. The van der Waals surface area contributed by atoms with Crippen LogP contribution in [0.4, 0.5) is 23.2 Å². The SMILES string of the molecule is Cn1c(C(=O)Nc2cc(F)c(=O)n(CC(F)(F)F)c2)cc(Cl)c1Cl. The standard InChI is InChI=1S/C13H9Cl2F4N3O2/c1-21-9(3-7(14)10(21)15)11(23)20-6-2-8(16)12(24)22(4-6)5-13(17,18)19/h2-4H,5H2,1H3,(H,20,23). The number of anilines is 1. The molecule has 11 heteroatoms. The first-order valence-electron chi connectivity index (χ1n) is 6.28. The molecule has 2 aromatic heterocycles. The van der Waals surface area contributed by atoms with Crippen LogP contribution >= 0.6 is 23.2 Å². The number of hydrogen-bond acceptors (Lipinski definition) is 2. The lowest BCUT2D eigenvalue weighted by molar-refractivity contribution is -0.141. The van der Waals surface area contributed by atoms with E-state index < -0.39 is 30.0 Å². The van der Waals surface area contributed by atoms with Gasteiger partial charge >= 0.3 is 6.18 Å². The van der Waals surface area contributed by atoms with Crippen molar-refractivity contribution in [3.8, 4) is 0 Å². The number of carbonyl (C=O) groups is 1. The predicted octanol–water partition coefficient (Wildman–Crippen LogP) is 3.45. The second-order valence-corrected chi connectivity index (χ2v) is 5.57. The average molecular weight is 386 g/mol. The van der Waals surface area contributed by atoms with Crippen molar-refractivity contribution in [1.29, 1.82) is 0 Å². The first kappa shape index (κ1) is 18.3. The maximum atomic E-state index is 13.5. The van der Waals surface area contributed by atoms with Crippen LogP contribution in [-0.2, 0) is 13.6 Å². The third-order valence-corrected chi connectivity index (χ3v) is 3.84. The normalized spacial score (nSPS) is 11.6. The topological polar surface area (TPSA) is 56.0 Å². The number of hydrogen-bond donors (Lipinski definition) is 1. The molecule has 0 atom stereocenters. The number of alkyl halides is 3. The molecule has 0 saturated heterocycles. The van der Waals surface area contributed by atoms with Crippen molar-refractivity contribution in [2.45, 2.75) is 12.7 Å². The Bertz CT molecular complexity index is 858. The van der Waals surface area contributed by atoms with Gasteiger partial charge in [0.2, 0.25) is 0 Å². The minimum Gasteiger partial charge on any atom is -0.329 e. The fraction of sp³-hybridized carbons (Fsp3) is 0.231. The Kier molecular flexibility index (Phi) is 4.95. The van der Waals surface area contributed by atoms with Crippen LogP contribution in [-0.4, -0.2) is 21.2 Å². The molecule has 130 valence electrons. The van der Waals surface area contributed by atoms with Crippen LogP contribution in [0.1, 0.15) is 10.5 Å². The van der Waals surface area contributed by atoms with Crippen molar-refractivity contribution >= 4 is 34.8 Å². The lowest BCUT2D eigenvalue weighted by atomic mass is 10.3. The summed E-state index contributed by atoms with van der Waals surface area (Å²) in [4.78, 5) is 23.5. The van der Waals surface area contributed by atoms with E-state index in [4.69, 9.17) is 23.2 Å². The fourth-order valence-corrected chi connectivity index (χ4v) is 2.31. The number of aromatic nitrogens is 2. The first-order valence-corrected chi connectivity index (χ1v) is 7.04. The Morgan fingerprint density at radius 1 is 1.29 bits per heavy atom. The van der Waals surface area contributed by atoms with E-state index in [1.165, 1.54) is 17.7 Å². The van der Waals surface area contributed by atoms with Crippen LogP contribution in [0.3, 0.4) is 0 Å². The number of nitrogens with zero attached hydrogens (tertiary/aromatic N) is 2. The molecule has 2 aromatic rings. The highest BCUT2D eigenvalue weighted by atomic mass is 35.5. The lowest BCUT2D eigenvalue weighted by Crippen LogP contribution is -2.30. The molecule has 0 aliphatic carbocycles. The maximum Gasteiger partial charge on any atom is 0.406 e. The number of carbonyl (C=O) groups excluding carboxylic acids is 1. The molecular formula is C13H9Cl2F4N3O2. The molecule has 0 radical (unpaired) electrons. The third-order valence-electron chi connectivity index (χ3n) is 3.00. The summed E-state index contributed by atoms with van der Waals surface area (Å²) in [5, 5.41) is 2.36. The van der Waals surface area contributed by atoms with Gasteiger partial charge in [0.25, 0.3) is 11.5 Å². The number of halogens is 6. The van der Waals surface area contributed by atoms with Crippen molar-refractivity contribution in [2.75, 3.05) is 5.32 Å².